The van der Waals surface area contributed by atoms with Crippen molar-refractivity contribution in [1.29, 1.82) is 0 Å². The Morgan fingerprint density at radius 2 is 1.62 bits per heavy atom. The highest BCUT2D eigenvalue weighted by Crippen LogP contribution is 2.32. The van der Waals surface area contributed by atoms with Crippen LogP contribution in [0.2, 0.25) is 0 Å². The molecule has 142 valence electrons. The molecule has 0 bridgehead atoms. The lowest BCUT2D eigenvalue weighted by Crippen LogP contribution is -2.13. The fourth-order valence-electron chi connectivity index (χ4n) is 3.16. The van der Waals surface area contributed by atoms with Gasteiger partial charge in [-0.15, -0.1) is 16.4 Å². The summed E-state index contributed by atoms with van der Waals surface area (Å²) in [5, 5.41) is 10.9. The molecule has 0 saturated carbocycles. The third-order valence-electron chi connectivity index (χ3n) is 4.54. The van der Waals surface area contributed by atoms with Gasteiger partial charge in [0.2, 0.25) is 11.6 Å². The molecule has 5 rings (SSSR count). The zero-order valence-corrected chi connectivity index (χ0v) is 16.3. The monoisotopic (exact) mass is 399 g/mol. The number of rotatable bonds is 4. The third-order valence-corrected chi connectivity index (χ3v) is 5.35. The first kappa shape index (κ1) is 17.5. The standard InChI is InChI=1S/C23H17N3O2S/c1-3-7-18(8-4-1)20-15-29-23(26(20)19-9-5-2-6-10-19)25-24-14-17-11-12-21-22(13-17)28-16-27-21/h1-15H,16H2/b24-14+,25-23+. The van der Waals surface area contributed by atoms with Crippen molar-refractivity contribution in [1.82, 2.24) is 4.57 Å². The van der Waals surface area contributed by atoms with Crippen LogP contribution < -0.4 is 14.3 Å². The second-order valence-corrected chi connectivity index (χ2v) is 7.23. The van der Waals surface area contributed by atoms with E-state index in [1.165, 1.54) is 0 Å². The van der Waals surface area contributed by atoms with Gasteiger partial charge in [0, 0.05) is 11.1 Å². The van der Waals surface area contributed by atoms with E-state index in [-0.39, 0.29) is 6.79 Å². The molecular weight excluding hydrogens is 382 g/mol. The van der Waals surface area contributed by atoms with Crippen LogP contribution in [-0.4, -0.2) is 17.6 Å². The molecule has 29 heavy (non-hydrogen) atoms. The summed E-state index contributed by atoms with van der Waals surface area (Å²) in [6, 6.07) is 26.2. The quantitative estimate of drug-likeness (QED) is 0.363. The molecule has 0 saturated heterocycles. The van der Waals surface area contributed by atoms with Crippen LogP contribution in [0.1, 0.15) is 5.56 Å². The minimum absolute atomic E-state index is 0.259. The molecule has 4 aromatic rings. The first-order valence-corrected chi connectivity index (χ1v) is 10.0. The molecule has 0 fully saturated rings. The Morgan fingerprint density at radius 3 is 2.45 bits per heavy atom. The van der Waals surface area contributed by atoms with Gasteiger partial charge >= 0.3 is 0 Å². The van der Waals surface area contributed by atoms with Gasteiger partial charge < -0.3 is 9.47 Å². The van der Waals surface area contributed by atoms with Crippen LogP contribution in [0, 0.1) is 0 Å². The van der Waals surface area contributed by atoms with E-state index in [1.54, 1.807) is 17.6 Å². The zero-order valence-electron chi connectivity index (χ0n) is 15.4. The Bertz CT molecular complexity index is 1230. The molecule has 2 heterocycles. The summed E-state index contributed by atoms with van der Waals surface area (Å²) in [6.07, 6.45) is 1.72. The van der Waals surface area contributed by atoms with Crippen molar-refractivity contribution < 1.29 is 9.47 Å². The molecule has 1 aromatic heterocycles. The second-order valence-electron chi connectivity index (χ2n) is 6.40. The van der Waals surface area contributed by atoms with Crippen molar-refractivity contribution in [2.24, 2.45) is 10.2 Å². The van der Waals surface area contributed by atoms with E-state index >= 15 is 0 Å². The zero-order chi connectivity index (χ0) is 19.5. The van der Waals surface area contributed by atoms with Crippen LogP contribution in [0.25, 0.3) is 16.9 Å². The number of ether oxygens (including phenoxy) is 2. The molecule has 0 aliphatic carbocycles. The lowest BCUT2D eigenvalue weighted by atomic mass is 10.1. The number of hydrogen-bond donors (Lipinski definition) is 0. The highest BCUT2D eigenvalue weighted by Gasteiger charge is 2.12. The van der Waals surface area contributed by atoms with E-state index < -0.39 is 0 Å². The van der Waals surface area contributed by atoms with Gasteiger partial charge in [0.05, 0.1) is 11.9 Å². The van der Waals surface area contributed by atoms with E-state index in [1.807, 2.05) is 54.6 Å². The topological polar surface area (TPSA) is 48.1 Å². The van der Waals surface area contributed by atoms with Crippen LogP contribution >= 0.6 is 11.3 Å². The van der Waals surface area contributed by atoms with Gasteiger partial charge in [-0.1, -0.05) is 48.5 Å². The number of aromatic nitrogens is 1. The van der Waals surface area contributed by atoms with Crippen LogP contribution in [-0.2, 0) is 0 Å². The maximum absolute atomic E-state index is 5.42. The number of fused-ring (bicyclic) bond motifs is 1. The maximum Gasteiger partial charge on any atom is 0.231 e. The fourth-order valence-corrected chi connectivity index (χ4v) is 4.02. The molecular formula is C23H17N3O2S. The van der Waals surface area contributed by atoms with Gasteiger partial charge in [0.25, 0.3) is 0 Å². The normalized spacial score (nSPS) is 13.3. The summed E-state index contributed by atoms with van der Waals surface area (Å²) in [5.41, 5.74) is 4.17. The molecule has 1 aliphatic rings. The van der Waals surface area contributed by atoms with Crippen molar-refractivity contribution in [2.45, 2.75) is 0 Å². The SMILES string of the molecule is C(=N\N=c1\scc(-c2ccccc2)n1-c1ccccc1)/c1ccc2c(c1)OCO2. The summed E-state index contributed by atoms with van der Waals surface area (Å²) in [6.45, 7) is 0.259. The van der Waals surface area contributed by atoms with Gasteiger partial charge in [0.15, 0.2) is 11.5 Å². The lowest BCUT2D eigenvalue weighted by Gasteiger charge is -2.08. The molecule has 6 heteroatoms. The molecule has 0 N–H and O–H groups in total. The molecule has 3 aromatic carbocycles. The highest BCUT2D eigenvalue weighted by atomic mass is 32.1. The largest absolute Gasteiger partial charge is 0.454 e. The predicted molar refractivity (Wildman–Crippen MR) is 115 cm³/mol. The Hall–Kier alpha value is -3.64. The minimum atomic E-state index is 0.259. The van der Waals surface area contributed by atoms with Gasteiger partial charge in [0.1, 0.15) is 0 Å². The van der Waals surface area contributed by atoms with Crippen LogP contribution in [0.5, 0.6) is 11.5 Å². The van der Waals surface area contributed by atoms with Crippen molar-refractivity contribution >= 4 is 17.6 Å². The van der Waals surface area contributed by atoms with E-state index in [9.17, 15) is 0 Å². The Labute approximate surface area is 171 Å². The van der Waals surface area contributed by atoms with Crippen molar-refractivity contribution in [3.63, 3.8) is 0 Å². The fraction of sp³-hybridized carbons (Fsp3) is 0.0435. The summed E-state index contributed by atoms with van der Waals surface area (Å²) >= 11 is 1.56. The van der Waals surface area contributed by atoms with Gasteiger partial charge in [-0.3, -0.25) is 4.57 Å². The van der Waals surface area contributed by atoms with E-state index in [0.717, 1.165) is 38.8 Å². The van der Waals surface area contributed by atoms with Crippen molar-refractivity contribution in [3.05, 3.63) is 94.6 Å². The molecule has 0 amide bonds. The van der Waals surface area contributed by atoms with Gasteiger partial charge in [-0.2, -0.15) is 5.10 Å². The van der Waals surface area contributed by atoms with E-state index in [0.29, 0.717) is 0 Å². The first-order valence-electron chi connectivity index (χ1n) is 9.16. The average molecular weight is 399 g/mol. The Balaban J connectivity index is 1.55. The summed E-state index contributed by atoms with van der Waals surface area (Å²) in [4.78, 5) is 0.798. The third kappa shape index (κ3) is 3.58. The molecule has 0 atom stereocenters. The Morgan fingerprint density at radius 1 is 0.862 bits per heavy atom. The molecule has 0 radical (unpaired) electrons. The Kier molecular flexibility index (Phi) is 4.68. The number of hydrogen-bond acceptors (Lipinski definition) is 5. The number of thiazole rings is 1. The molecule has 1 aliphatic heterocycles. The summed E-state index contributed by atoms with van der Waals surface area (Å²) in [5.74, 6) is 1.49. The predicted octanol–water partition coefficient (Wildman–Crippen LogP) is 4.87. The number of nitrogens with zero attached hydrogens (tertiary/aromatic N) is 3. The summed E-state index contributed by atoms with van der Waals surface area (Å²) in [7, 11) is 0. The lowest BCUT2D eigenvalue weighted by molar-refractivity contribution is 0.174. The first-order chi connectivity index (χ1) is 14.4. The second kappa shape index (κ2) is 7.77. The van der Waals surface area contributed by atoms with Crippen LogP contribution in [0.15, 0.2) is 94.4 Å². The van der Waals surface area contributed by atoms with E-state index in [2.05, 4.69) is 44.4 Å². The van der Waals surface area contributed by atoms with Crippen LogP contribution in [0.4, 0.5) is 0 Å². The summed E-state index contributed by atoms with van der Waals surface area (Å²) < 4.78 is 12.9. The van der Waals surface area contributed by atoms with Crippen molar-refractivity contribution in [2.75, 3.05) is 6.79 Å². The molecule has 0 unspecified atom stereocenters. The average Bonchev–Trinajstić information content (AvgIpc) is 3.42. The number of benzene rings is 3. The minimum Gasteiger partial charge on any atom is -0.454 e. The molecule has 5 nitrogen and oxygen atoms in total. The number of para-hydroxylation sites is 1. The van der Waals surface area contributed by atoms with Crippen LogP contribution in [0.3, 0.4) is 0 Å². The smallest absolute Gasteiger partial charge is 0.231 e. The molecule has 0 spiro atoms. The van der Waals surface area contributed by atoms with Gasteiger partial charge in [-0.05, 0) is 41.5 Å². The highest BCUT2D eigenvalue weighted by molar-refractivity contribution is 7.07. The maximum atomic E-state index is 5.42. The van der Waals surface area contributed by atoms with E-state index in [4.69, 9.17) is 9.47 Å². The van der Waals surface area contributed by atoms with Crippen molar-refractivity contribution in [3.8, 4) is 28.4 Å². The van der Waals surface area contributed by atoms with Gasteiger partial charge in [-0.25, -0.2) is 0 Å².